The van der Waals surface area contributed by atoms with Crippen LogP contribution in [0.5, 0.6) is 0 Å². The van der Waals surface area contributed by atoms with Gasteiger partial charge < -0.3 is 9.94 Å². The maximum atomic E-state index is 13.1. The van der Waals surface area contributed by atoms with Crippen molar-refractivity contribution in [1.29, 1.82) is 0 Å². The molecule has 158 valence electrons. The molecule has 1 heterocycles. The van der Waals surface area contributed by atoms with Gasteiger partial charge in [-0.1, -0.05) is 23.7 Å². The van der Waals surface area contributed by atoms with Crippen molar-refractivity contribution in [2.45, 2.75) is 51.0 Å². The van der Waals surface area contributed by atoms with Gasteiger partial charge in [-0.05, 0) is 62.1 Å². The highest BCUT2D eigenvalue weighted by Crippen LogP contribution is 2.41. The van der Waals surface area contributed by atoms with Crippen molar-refractivity contribution >= 4 is 22.5 Å². The van der Waals surface area contributed by atoms with Crippen LogP contribution in [0.4, 0.5) is 13.2 Å². The second kappa shape index (κ2) is 7.75. The van der Waals surface area contributed by atoms with Gasteiger partial charge in [0.1, 0.15) is 0 Å². The number of hydrogen-bond donors (Lipinski definition) is 0. The molecule has 0 N–H and O–H groups in total. The maximum Gasteiger partial charge on any atom is 0.416 e. The number of aromatic nitrogens is 1. The van der Waals surface area contributed by atoms with Crippen LogP contribution in [0.2, 0.25) is 5.02 Å². The Morgan fingerprint density at radius 3 is 2.43 bits per heavy atom. The molecule has 0 amide bonds. The minimum absolute atomic E-state index is 0.0654. The summed E-state index contributed by atoms with van der Waals surface area (Å²) in [5.41, 5.74) is 2.00. The Morgan fingerprint density at radius 1 is 1.10 bits per heavy atom. The second-order valence-electron chi connectivity index (χ2n) is 7.97. The Kier molecular flexibility index (Phi) is 5.41. The summed E-state index contributed by atoms with van der Waals surface area (Å²) in [6.07, 6.45) is -3.75. The number of alkyl halides is 3. The van der Waals surface area contributed by atoms with E-state index in [2.05, 4.69) is 0 Å². The van der Waals surface area contributed by atoms with Gasteiger partial charge in [0.2, 0.25) is 5.52 Å². The van der Waals surface area contributed by atoms with Crippen LogP contribution in [0.1, 0.15) is 54.7 Å². The average molecular weight is 436 g/mol. The van der Waals surface area contributed by atoms with Crippen molar-refractivity contribution in [3.05, 3.63) is 81.1 Å². The lowest BCUT2D eigenvalue weighted by atomic mass is 9.80. The molecule has 0 fully saturated rings. The Bertz CT molecular complexity index is 1080. The van der Waals surface area contributed by atoms with E-state index in [0.717, 1.165) is 33.4 Å². The van der Waals surface area contributed by atoms with Crippen molar-refractivity contribution in [2.75, 3.05) is 0 Å². The van der Waals surface area contributed by atoms with Gasteiger partial charge >= 0.3 is 6.18 Å². The molecular weight excluding hydrogens is 415 g/mol. The lowest BCUT2D eigenvalue weighted by Gasteiger charge is -2.32. The van der Waals surface area contributed by atoms with E-state index in [1.165, 1.54) is 12.1 Å². The zero-order valence-electron chi connectivity index (χ0n) is 16.5. The van der Waals surface area contributed by atoms with E-state index in [0.29, 0.717) is 29.1 Å². The van der Waals surface area contributed by atoms with Crippen LogP contribution >= 0.6 is 11.6 Å². The molecule has 2 atom stereocenters. The normalized spacial score (nSPS) is 19.3. The molecule has 3 aromatic rings. The molecule has 2 unspecified atom stereocenters. The Hall–Kier alpha value is -2.31. The van der Waals surface area contributed by atoms with Crippen molar-refractivity contribution in [3.63, 3.8) is 0 Å². The summed E-state index contributed by atoms with van der Waals surface area (Å²) in [5, 5.41) is 14.4. The van der Waals surface area contributed by atoms with Crippen molar-refractivity contribution in [1.82, 2.24) is 0 Å². The molecule has 0 saturated heterocycles. The standard InChI is InChI=1S/C23H21ClF3NO2/c1-13(2)30-22-12-15(14-3-5-17(6-4-14)23(25,26)27)11-21-19(22)10-16-9-18(24)7-8-20(16)28(21)29/h3-10,13,15,22H,11-12H2,1-2H3. The van der Waals surface area contributed by atoms with Gasteiger partial charge in [-0.3, -0.25) is 0 Å². The SMILES string of the molecule is CC(C)OC1CC(c2ccc(C(F)(F)F)cc2)Cc2c1cc1cc(Cl)ccc1[n+]2[O-]. The lowest BCUT2D eigenvalue weighted by Crippen LogP contribution is -2.38. The average Bonchev–Trinajstić information content (AvgIpc) is 2.67. The van der Waals surface area contributed by atoms with Gasteiger partial charge in [-0.15, -0.1) is 0 Å². The lowest BCUT2D eigenvalue weighted by molar-refractivity contribution is -0.587. The number of hydrogen-bond acceptors (Lipinski definition) is 2. The summed E-state index contributed by atoms with van der Waals surface area (Å²) in [4.78, 5) is 0. The Morgan fingerprint density at radius 2 is 1.80 bits per heavy atom. The first kappa shape index (κ1) is 20.9. The number of fused-ring (bicyclic) bond motifs is 2. The molecule has 4 rings (SSSR count). The number of rotatable bonds is 3. The summed E-state index contributed by atoms with van der Waals surface area (Å²) in [6, 6.07) is 12.2. The Labute approximate surface area is 177 Å². The molecule has 0 bridgehead atoms. The fraction of sp³-hybridized carbons (Fsp3) is 0.348. The summed E-state index contributed by atoms with van der Waals surface area (Å²) < 4.78 is 45.8. The number of ether oxygens (including phenoxy) is 1. The number of nitrogens with zero attached hydrogens (tertiary/aromatic N) is 1. The van der Waals surface area contributed by atoms with E-state index in [-0.39, 0.29) is 18.1 Å². The van der Waals surface area contributed by atoms with Gasteiger partial charge in [-0.2, -0.15) is 17.9 Å². The number of benzene rings is 2. The van der Waals surface area contributed by atoms with Crippen LogP contribution in [0.3, 0.4) is 0 Å². The third-order valence-electron chi connectivity index (χ3n) is 5.53. The molecule has 1 aromatic heterocycles. The molecule has 0 saturated carbocycles. The third-order valence-corrected chi connectivity index (χ3v) is 5.76. The second-order valence-corrected chi connectivity index (χ2v) is 8.41. The smallest absolute Gasteiger partial charge is 0.416 e. The molecule has 0 aliphatic heterocycles. The zero-order chi connectivity index (χ0) is 21.6. The first-order valence-electron chi connectivity index (χ1n) is 9.80. The highest BCUT2D eigenvalue weighted by molar-refractivity contribution is 6.31. The van der Waals surface area contributed by atoms with Gasteiger partial charge in [0.25, 0.3) is 0 Å². The van der Waals surface area contributed by atoms with Gasteiger partial charge in [0.15, 0.2) is 5.69 Å². The van der Waals surface area contributed by atoms with Gasteiger partial charge in [-0.25, -0.2) is 0 Å². The molecule has 3 nitrogen and oxygen atoms in total. The van der Waals surface area contributed by atoms with Crippen LogP contribution in [0.25, 0.3) is 10.9 Å². The van der Waals surface area contributed by atoms with E-state index in [1.54, 1.807) is 18.2 Å². The van der Waals surface area contributed by atoms with Crippen LogP contribution in [-0.2, 0) is 17.3 Å². The fourth-order valence-electron chi connectivity index (χ4n) is 4.18. The minimum atomic E-state index is -4.38. The van der Waals surface area contributed by atoms with Crippen LogP contribution in [-0.4, -0.2) is 6.10 Å². The highest BCUT2D eigenvalue weighted by Gasteiger charge is 2.36. The summed E-state index contributed by atoms with van der Waals surface area (Å²) in [5.74, 6) is -0.117. The minimum Gasteiger partial charge on any atom is -0.618 e. The number of pyridine rings is 1. The first-order chi connectivity index (χ1) is 14.1. The molecule has 2 aromatic carbocycles. The molecule has 1 aliphatic rings. The van der Waals surface area contributed by atoms with E-state index in [4.69, 9.17) is 16.3 Å². The monoisotopic (exact) mass is 435 g/mol. The maximum absolute atomic E-state index is 13.1. The predicted molar refractivity (Wildman–Crippen MR) is 109 cm³/mol. The first-order valence-corrected chi connectivity index (χ1v) is 10.2. The van der Waals surface area contributed by atoms with Crippen LogP contribution in [0.15, 0.2) is 48.5 Å². The van der Waals surface area contributed by atoms with E-state index in [1.807, 2.05) is 19.9 Å². The summed E-state index contributed by atoms with van der Waals surface area (Å²) in [7, 11) is 0. The quantitative estimate of drug-likeness (QED) is 0.355. The molecule has 1 aliphatic carbocycles. The van der Waals surface area contributed by atoms with Crippen molar-refractivity contribution in [3.8, 4) is 0 Å². The van der Waals surface area contributed by atoms with E-state index >= 15 is 0 Å². The molecule has 30 heavy (non-hydrogen) atoms. The predicted octanol–water partition coefficient (Wildman–Crippen LogP) is 6.34. The van der Waals surface area contributed by atoms with Crippen molar-refractivity contribution in [2.24, 2.45) is 0 Å². The fourth-order valence-corrected chi connectivity index (χ4v) is 4.36. The molecule has 0 spiro atoms. The van der Waals surface area contributed by atoms with Gasteiger partial charge in [0, 0.05) is 28.5 Å². The topological polar surface area (TPSA) is 36.2 Å². The Balaban J connectivity index is 1.77. The molecule has 7 heteroatoms. The van der Waals surface area contributed by atoms with Gasteiger partial charge in [0.05, 0.1) is 17.8 Å². The highest BCUT2D eigenvalue weighted by atomic mass is 35.5. The third kappa shape index (κ3) is 3.98. The largest absolute Gasteiger partial charge is 0.618 e. The zero-order valence-corrected chi connectivity index (χ0v) is 17.3. The molecular formula is C23H21ClF3NO2. The molecule has 0 radical (unpaired) electrons. The van der Waals surface area contributed by atoms with Crippen LogP contribution in [0, 0.1) is 5.21 Å². The van der Waals surface area contributed by atoms with Crippen LogP contribution < -0.4 is 4.73 Å². The summed E-state index contributed by atoms with van der Waals surface area (Å²) >= 11 is 6.10. The van der Waals surface area contributed by atoms with E-state index < -0.39 is 11.7 Å². The summed E-state index contributed by atoms with van der Waals surface area (Å²) in [6.45, 7) is 3.84. The van der Waals surface area contributed by atoms with E-state index in [9.17, 15) is 18.4 Å². The number of halogens is 4. The van der Waals surface area contributed by atoms with Crippen molar-refractivity contribution < 1.29 is 22.6 Å².